The molecule has 3 aromatic heterocycles. The molecule has 28 heteroatoms. The van der Waals surface area contributed by atoms with Crippen LogP contribution in [-0.4, -0.2) is 98.7 Å². The molecule has 0 saturated carbocycles. The summed E-state index contributed by atoms with van der Waals surface area (Å²) in [5.74, 6) is -6.49. The molecule has 0 radical (unpaired) electrons. The van der Waals surface area contributed by atoms with Crippen LogP contribution >= 0.6 is 11.6 Å². The summed E-state index contributed by atoms with van der Waals surface area (Å²) in [7, 11) is -2.84. The predicted octanol–water partition coefficient (Wildman–Crippen LogP) is 9.06. The van der Waals surface area contributed by atoms with Crippen molar-refractivity contribution in [2.45, 2.75) is 103 Å². The lowest BCUT2D eigenvalue weighted by Gasteiger charge is -2.21. The number of carbonyl (C=O) groups is 3. The molecule has 0 saturated heterocycles. The van der Waals surface area contributed by atoms with Crippen LogP contribution in [0.3, 0.4) is 0 Å². The van der Waals surface area contributed by atoms with Crippen LogP contribution in [-0.2, 0) is 75.8 Å². The predicted molar refractivity (Wildman–Crippen MR) is 255 cm³/mol. The van der Waals surface area contributed by atoms with Crippen molar-refractivity contribution in [2.24, 2.45) is 5.92 Å². The summed E-state index contributed by atoms with van der Waals surface area (Å²) < 4.78 is 161. The van der Waals surface area contributed by atoms with E-state index in [0.29, 0.717) is 33.6 Å². The molecule has 73 heavy (non-hydrogen) atoms. The van der Waals surface area contributed by atoms with Gasteiger partial charge in [0.15, 0.2) is 11.5 Å². The third-order valence-corrected chi connectivity index (χ3v) is 13.6. The van der Waals surface area contributed by atoms with E-state index in [1.54, 1.807) is 18.4 Å². The molecule has 5 aromatic rings. The van der Waals surface area contributed by atoms with Crippen molar-refractivity contribution in [1.82, 2.24) is 35.2 Å². The Morgan fingerprint density at radius 2 is 1.55 bits per heavy atom. The Kier molecular flexibility index (Phi) is 21.5. The number of aromatic nitrogens is 5. The van der Waals surface area contributed by atoms with Crippen LogP contribution in [0.5, 0.6) is 0 Å². The lowest BCUT2D eigenvalue weighted by atomic mass is 9.93. The first-order valence-electron chi connectivity index (χ1n) is 21.7. The standard InChI is InChI=1S/C29H28ClF5N6O4S.C10H11F5N2.C5H12OS.CH2O2/c1-3-19-4-5-20(25(38-19)23(37-15-43)12-16-10-17(31)13-18(32)11-16)21-6-7-22(30)24-26(21)40(14-29(33,34)35)39-27(24)41(46(2)45)28(44)36-8-9-42;1-3-17-8-6(4-5(2)9(8,11)12)7(16-17)10(13,14)15;1-5(2,3)7(4)6;2-1-3/h4-7,10-11,13,15,23,42H,3,8-9,12,14H2,1-2H3,(H,36,44)(H,37,43);5H,3-4H2,1-2H3;1-4H3;1H,(H,2,3)/t;5-;;/m.1../s1. The number of hydrogen-bond donors (Lipinski definition) is 4. The summed E-state index contributed by atoms with van der Waals surface area (Å²) in [4.78, 5) is 37.7. The van der Waals surface area contributed by atoms with Gasteiger partial charge in [0, 0.05) is 75.5 Å². The minimum atomic E-state index is -4.80. The lowest BCUT2D eigenvalue weighted by Crippen LogP contribution is -2.42. The molecule has 0 spiro atoms. The second-order valence-corrected chi connectivity index (χ2v) is 20.6. The number of alkyl halides is 8. The number of carboxylic acid groups (broad SMARTS) is 1. The highest BCUT2D eigenvalue weighted by atomic mass is 35.5. The van der Waals surface area contributed by atoms with Crippen molar-refractivity contribution in [3.05, 3.63) is 93.0 Å². The second-order valence-electron chi connectivity index (χ2n) is 16.9. The average Bonchev–Trinajstić information content (AvgIpc) is 3.91. The lowest BCUT2D eigenvalue weighted by molar-refractivity contribution is -0.142. The van der Waals surface area contributed by atoms with Gasteiger partial charge < -0.3 is 20.8 Å². The Morgan fingerprint density at radius 3 is 2.03 bits per heavy atom. The highest BCUT2D eigenvalue weighted by Crippen LogP contribution is 2.49. The molecule has 2 aromatic carbocycles. The number of aliphatic hydroxyl groups is 1. The number of hydrogen-bond acceptors (Lipinski definition) is 9. The smallest absolute Gasteiger partial charge is 0.435 e. The molecule has 0 fully saturated rings. The first-order valence-corrected chi connectivity index (χ1v) is 25.2. The van der Waals surface area contributed by atoms with E-state index in [1.165, 1.54) is 26.0 Å². The molecular formula is C45H53ClF10N8O7S2. The van der Waals surface area contributed by atoms with Gasteiger partial charge in [-0.2, -0.15) is 49.6 Å². The van der Waals surface area contributed by atoms with Gasteiger partial charge in [-0.05, 0) is 76.8 Å². The van der Waals surface area contributed by atoms with Crippen molar-refractivity contribution >= 4 is 69.0 Å². The van der Waals surface area contributed by atoms with E-state index in [9.17, 15) is 61.9 Å². The van der Waals surface area contributed by atoms with Crippen LogP contribution in [0.15, 0.2) is 42.5 Å². The van der Waals surface area contributed by atoms with Gasteiger partial charge in [0.2, 0.25) is 6.41 Å². The number of anilines is 1. The van der Waals surface area contributed by atoms with Gasteiger partial charge in [0.1, 0.15) is 34.9 Å². The molecule has 3 amide bonds. The number of benzene rings is 2. The molecule has 404 valence electrons. The molecule has 15 nitrogen and oxygen atoms in total. The zero-order valence-electron chi connectivity index (χ0n) is 40.4. The number of rotatable bonds is 13. The Bertz CT molecular complexity index is 2770. The molecule has 3 heterocycles. The van der Waals surface area contributed by atoms with E-state index in [-0.39, 0.29) is 81.0 Å². The van der Waals surface area contributed by atoms with Crippen LogP contribution in [0, 0.1) is 17.6 Å². The van der Waals surface area contributed by atoms with Crippen LogP contribution in [0.2, 0.25) is 5.02 Å². The monoisotopic (exact) mass is 1110 g/mol. The fraction of sp³-hybridized carbons (Fsp3) is 0.467. The van der Waals surface area contributed by atoms with E-state index in [0.717, 1.165) is 23.1 Å². The maximum atomic E-state index is 14.0. The number of carbonyl (C=O) groups excluding carboxylic acids is 2. The molecule has 0 bridgehead atoms. The molecule has 0 aliphatic heterocycles. The van der Waals surface area contributed by atoms with E-state index >= 15 is 0 Å². The number of aliphatic hydroxyl groups excluding tert-OH is 1. The molecule has 6 rings (SSSR count). The average molecular weight is 1110 g/mol. The first-order chi connectivity index (χ1) is 33.8. The summed E-state index contributed by atoms with van der Waals surface area (Å²) in [5, 5.41) is 28.0. The highest BCUT2D eigenvalue weighted by Gasteiger charge is 2.54. The summed E-state index contributed by atoms with van der Waals surface area (Å²) in [6.07, 6.45) is -6.27. The number of aryl methyl sites for hydroxylation is 2. The van der Waals surface area contributed by atoms with Gasteiger partial charge in [-0.15, -0.1) is 0 Å². The van der Waals surface area contributed by atoms with Crippen molar-refractivity contribution in [3.63, 3.8) is 0 Å². The zero-order valence-corrected chi connectivity index (χ0v) is 42.8. The summed E-state index contributed by atoms with van der Waals surface area (Å²) in [5.41, 5.74) is -1.07. The molecule has 4 N–H and O–H groups in total. The molecular weight excluding hydrogens is 1050 g/mol. The Hall–Kier alpha value is -5.67. The minimum absolute atomic E-state index is 0.000718. The van der Waals surface area contributed by atoms with E-state index < -0.39 is 100 Å². The summed E-state index contributed by atoms with van der Waals surface area (Å²) in [6, 6.07) is 6.80. The van der Waals surface area contributed by atoms with Crippen molar-refractivity contribution in [1.29, 1.82) is 0 Å². The fourth-order valence-corrected chi connectivity index (χ4v) is 8.06. The maximum absolute atomic E-state index is 14.0. The molecule has 3 unspecified atom stereocenters. The van der Waals surface area contributed by atoms with Crippen molar-refractivity contribution < 1.29 is 76.9 Å². The number of nitrogens with zero attached hydrogens (tertiary/aromatic N) is 6. The van der Waals surface area contributed by atoms with Crippen LogP contribution in [0.1, 0.15) is 81.5 Å². The van der Waals surface area contributed by atoms with Gasteiger partial charge in [-0.1, -0.05) is 37.6 Å². The fourth-order valence-electron chi connectivity index (χ4n) is 7.15. The number of pyridine rings is 1. The Balaban J connectivity index is 0.000000423. The first kappa shape index (κ1) is 61.6. The van der Waals surface area contributed by atoms with Gasteiger partial charge in [-0.25, -0.2) is 17.8 Å². The van der Waals surface area contributed by atoms with Crippen LogP contribution in [0.25, 0.3) is 22.0 Å². The number of fused-ring (bicyclic) bond motifs is 2. The SMILES string of the molecule is CCc1ccc(-c2ccc(Cl)c3c(N(C(=O)NCCO)S(C)=O)nn(CC(F)(F)F)c23)c(C(Cc2cc(F)cc(F)c2)NC=O)n1.CCn1nc(C(F)(F)F)c2c1C(F)(F)[C@H](C)C2.CS(=O)C(C)(C)C.O=CO. The topological polar surface area (TPSA) is 202 Å². The molecule has 4 atom stereocenters. The van der Waals surface area contributed by atoms with Crippen molar-refractivity contribution in [3.8, 4) is 11.1 Å². The largest absolute Gasteiger partial charge is 0.483 e. The second kappa shape index (κ2) is 25.5. The molecule has 1 aliphatic rings. The third kappa shape index (κ3) is 15.7. The summed E-state index contributed by atoms with van der Waals surface area (Å²) in [6.45, 7) is 7.84. The van der Waals surface area contributed by atoms with E-state index in [1.807, 2.05) is 27.7 Å². The number of nitrogens with one attached hydrogen (secondary N) is 2. The highest BCUT2D eigenvalue weighted by molar-refractivity contribution is 7.86. The van der Waals surface area contributed by atoms with Gasteiger partial charge in [-0.3, -0.25) is 28.1 Å². The molecule has 1 aliphatic carbocycles. The Morgan fingerprint density at radius 1 is 0.973 bits per heavy atom. The number of amides is 3. The quantitative estimate of drug-likeness (QED) is 0.0651. The minimum Gasteiger partial charge on any atom is -0.483 e. The Labute approximate surface area is 422 Å². The summed E-state index contributed by atoms with van der Waals surface area (Å²) >= 11 is 6.52. The zero-order chi connectivity index (χ0) is 55.6. The van der Waals surface area contributed by atoms with Gasteiger partial charge >= 0.3 is 18.4 Å². The third-order valence-electron chi connectivity index (χ3n) is 10.7. The van der Waals surface area contributed by atoms with Crippen LogP contribution < -0.4 is 14.9 Å². The van der Waals surface area contributed by atoms with Crippen LogP contribution in [0.4, 0.5) is 54.5 Å². The number of halogens is 11. The maximum Gasteiger partial charge on any atom is 0.435 e. The van der Waals surface area contributed by atoms with E-state index in [4.69, 9.17) is 26.6 Å². The normalized spacial score (nSPS) is 15.3. The van der Waals surface area contributed by atoms with Gasteiger partial charge in [0.25, 0.3) is 12.4 Å². The number of urea groups is 1. The van der Waals surface area contributed by atoms with E-state index in [2.05, 4.69) is 25.8 Å². The van der Waals surface area contributed by atoms with Gasteiger partial charge in [0.05, 0.1) is 34.3 Å². The van der Waals surface area contributed by atoms with Crippen molar-refractivity contribution in [2.75, 3.05) is 30.0 Å².